The van der Waals surface area contributed by atoms with Gasteiger partial charge < -0.3 is 5.11 Å². The molecule has 3 nitrogen and oxygen atoms in total. The maximum Gasteiger partial charge on any atom is 0.130 e. The molecule has 1 unspecified atom stereocenters. The second-order valence-electron chi connectivity index (χ2n) is 4.14. The molecule has 1 aromatic carbocycles. The highest BCUT2D eigenvalue weighted by Gasteiger charge is 2.16. The third-order valence-corrected chi connectivity index (χ3v) is 3.62. The number of aliphatic hydroxyl groups is 1. The number of aliphatic hydroxyl groups excluding tert-OH is 1. The molecule has 1 aromatic heterocycles. The Balaban J connectivity index is 2.08. The van der Waals surface area contributed by atoms with Crippen molar-refractivity contribution in [3.63, 3.8) is 0 Å². The lowest BCUT2D eigenvalue weighted by Crippen LogP contribution is -2.06. The second-order valence-corrected chi connectivity index (χ2v) is 4.99. The smallest absolute Gasteiger partial charge is 0.130 e. The number of aromatic nitrogens is 2. The Kier molecular flexibility index (Phi) is 4.14. The van der Waals surface area contributed by atoms with Crippen molar-refractivity contribution in [1.29, 1.82) is 0 Å². The van der Waals surface area contributed by atoms with Crippen LogP contribution in [0.25, 0.3) is 0 Å². The Labute approximate surface area is 113 Å². The molecule has 1 N–H and O–H groups in total. The normalized spacial score (nSPS) is 12.7. The van der Waals surface area contributed by atoms with Crippen LogP contribution in [0.1, 0.15) is 23.8 Å². The average Bonchev–Trinajstić information content (AvgIpc) is 2.72. The third-order valence-electron chi connectivity index (χ3n) is 2.93. The molecule has 0 fully saturated rings. The lowest BCUT2D eigenvalue weighted by Gasteiger charge is -2.13. The van der Waals surface area contributed by atoms with Crippen molar-refractivity contribution in [2.24, 2.45) is 7.05 Å². The Morgan fingerprint density at radius 2 is 2.22 bits per heavy atom. The van der Waals surface area contributed by atoms with Gasteiger partial charge in [-0.2, -0.15) is 5.10 Å². The van der Waals surface area contributed by atoms with Gasteiger partial charge >= 0.3 is 0 Å². The number of nitrogens with zero attached hydrogens (tertiary/aromatic N) is 2. The molecular formula is C13H14BrFN2O. The molecule has 96 valence electrons. The van der Waals surface area contributed by atoms with Crippen molar-refractivity contribution in [2.75, 3.05) is 0 Å². The summed E-state index contributed by atoms with van der Waals surface area (Å²) in [5, 5.41) is 14.1. The molecule has 0 spiro atoms. The van der Waals surface area contributed by atoms with E-state index in [0.717, 1.165) is 5.69 Å². The fourth-order valence-corrected chi connectivity index (χ4v) is 2.51. The number of aryl methyl sites for hydroxylation is 2. The standard InChI is InChI=1S/C13H14BrFN2O/c1-17-9(7-8-16-17)5-6-12(18)13-10(14)3-2-4-11(13)15/h2-4,7-8,12,18H,5-6H2,1H3. The quantitative estimate of drug-likeness (QED) is 0.942. The largest absolute Gasteiger partial charge is 0.388 e. The summed E-state index contributed by atoms with van der Waals surface area (Å²) in [5.74, 6) is -0.387. The number of benzene rings is 1. The lowest BCUT2D eigenvalue weighted by molar-refractivity contribution is 0.161. The zero-order valence-corrected chi connectivity index (χ0v) is 11.6. The van der Waals surface area contributed by atoms with Gasteiger partial charge in [0, 0.05) is 29.0 Å². The van der Waals surface area contributed by atoms with Gasteiger partial charge in [-0.25, -0.2) is 4.39 Å². The number of rotatable bonds is 4. The van der Waals surface area contributed by atoms with Crippen molar-refractivity contribution in [3.8, 4) is 0 Å². The van der Waals surface area contributed by atoms with E-state index in [1.165, 1.54) is 6.07 Å². The molecule has 0 aliphatic rings. The van der Waals surface area contributed by atoms with Crippen LogP contribution in [0, 0.1) is 5.82 Å². The minimum atomic E-state index is -0.824. The lowest BCUT2D eigenvalue weighted by atomic mass is 10.0. The van der Waals surface area contributed by atoms with Crippen molar-refractivity contribution in [1.82, 2.24) is 9.78 Å². The third kappa shape index (κ3) is 2.79. The molecule has 1 atom stereocenters. The molecule has 0 aliphatic carbocycles. The predicted molar refractivity (Wildman–Crippen MR) is 70.6 cm³/mol. The Morgan fingerprint density at radius 3 is 2.83 bits per heavy atom. The van der Waals surface area contributed by atoms with Gasteiger partial charge in [-0.3, -0.25) is 4.68 Å². The van der Waals surface area contributed by atoms with Gasteiger partial charge in [0.1, 0.15) is 5.82 Å². The van der Waals surface area contributed by atoms with Gasteiger partial charge in [-0.15, -0.1) is 0 Å². The summed E-state index contributed by atoms with van der Waals surface area (Å²) in [5.41, 5.74) is 1.33. The molecule has 2 rings (SSSR count). The van der Waals surface area contributed by atoms with E-state index in [9.17, 15) is 9.50 Å². The molecule has 0 saturated carbocycles. The maximum atomic E-state index is 13.6. The van der Waals surface area contributed by atoms with Crippen LogP contribution >= 0.6 is 15.9 Å². The van der Waals surface area contributed by atoms with E-state index in [1.807, 2.05) is 13.1 Å². The Hall–Kier alpha value is -1.20. The highest BCUT2D eigenvalue weighted by atomic mass is 79.9. The van der Waals surface area contributed by atoms with Crippen molar-refractivity contribution in [3.05, 3.63) is 52.0 Å². The zero-order chi connectivity index (χ0) is 13.1. The first kappa shape index (κ1) is 13.2. The second kappa shape index (κ2) is 5.63. The van der Waals surface area contributed by atoms with E-state index in [-0.39, 0.29) is 5.82 Å². The number of hydrogen-bond acceptors (Lipinski definition) is 2. The first-order valence-electron chi connectivity index (χ1n) is 5.68. The summed E-state index contributed by atoms with van der Waals surface area (Å²) >= 11 is 3.26. The molecular weight excluding hydrogens is 299 g/mol. The monoisotopic (exact) mass is 312 g/mol. The van der Waals surface area contributed by atoms with E-state index in [0.29, 0.717) is 22.9 Å². The zero-order valence-electron chi connectivity index (χ0n) is 9.98. The van der Waals surface area contributed by atoms with E-state index < -0.39 is 6.10 Å². The van der Waals surface area contributed by atoms with Crippen LogP contribution in [0.5, 0.6) is 0 Å². The molecule has 0 amide bonds. The summed E-state index contributed by atoms with van der Waals surface area (Å²) < 4.78 is 16.0. The summed E-state index contributed by atoms with van der Waals surface area (Å²) in [6, 6.07) is 6.58. The topological polar surface area (TPSA) is 38.0 Å². The van der Waals surface area contributed by atoms with Crippen LogP contribution < -0.4 is 0 Å². The van der Waals surface area contributed by atoms with Crippen LogP contribution in [0.4, 0.5) is 4.39 Å². The number of hydrogen-bond donors (Lipinski definition) is 1. The SMILES string of the molecule is Cn1nccc1CCC(O)c1c(F)cccc1Br. The maximum absolute atomic E-state index is 13.6. The molecule has 0 saturated heterocycles. The van der Waals surface area contributed by atoms with Gasteiger partial charge in [-0.1, -0.05) is 22.0 Å². The van der Waals surface area contributed by atoms with Crippen LogP contribution in [0.3, 0.4) is 0 Å². The van der Waals surface area contributed by atoms with Crippen LogP contribution in [-0.2, 0) is 13.5 Å². The predicted octanol–water partition coefficient (Wildman–Crippen LogP) is 2.99. The molecule has 0 radical (unpaired) electrons. The molecule has 0 bridgehead atoms. The summed E-state index contributed by atoms with van der Waals surface area (Å²) in [6.07, 6.45) is 1.99. The Bertz CT molecular complexity index is 521. The summed E-state index contributed by atoms with van der Waals surface area (Å²) in [4.78, 5) is 0. The van der Waals surface area contributed by atoms with E-state index in [1.54, 1.807) is 23.0 Å². The first-order chi connectivity index (χ1) is 8.59. The van der Waals surface area contributed by atoms with E-state index in [4.69, 9.17) is 0 Å². The first-order valence-corrected chi connectivity index (χ1v) is 6.47. The van der Waals surface area contributed by atoms with Gasteiger partial charge in [0.15, 0.2) is 0 Å². The van der Waals surface area contributed by atoms with Crippen LogP contribution in [0.15, 0.2) is 34.9 Å². The molecule has 18 heavy (non-hydrogen) atoms. The fraction of sp³-hybridized carbons (Fsp3) is 0.308. The van der Waals surface area contributed by atoms with Gasteiger partial charge in [0.05, 0.1) is 6.10 Å². The highest BCUT2D eigenvalue weighted by molar-refractivity contribution is 9.10. The van der Waals surface area contributed by atoms with Crippen LogP contribution in [-0.4, -0.2) is 14.9 Å². The molecule has 5 heteroatoms. The molecule has 0 aliphatic heterocycles. The highest BCUT2D eigenvalue weighted by Crippen LogP contribution is 2.28. The van der Waals surface area contributed by atoms with E-state index in [2.05, 4.69) is 21.0 Å². The minimum Gasteiger partial charge on any atom is -0.388 e. The Morgan fingerprint density at radius 1 is 1.44 bits per heavy atom. The van der Waals surface area contributed by atoms with Gasteiger partial charge in [0.25, 0.3) is 0 Å². The number of halogens is 2. The van der Waals surface area contributed by atoms with Crippen molar-refractivity contribution < 1.29 is 9.50 Å². The minimum absolute atomic E-state index is 0.319. The molecule has 2 aromatic rings. The average molecular weight is 313 g/mol. The van der Waals surface area contributed by atoms with Gasteiger partial charge in [0.2, 0.25) is 0 Å². The van der Waals surface area contributed by atoms with Gasteiger partial charge in [-0.05, 0) is 31.0 Å². The van der Waals surface area contributed by atoms with Crippen molar-refractivity contribution >= 4 is 15.9 Å². The summed E-state index contributed by atoms with van der Waals surface area (Å²) in [7, 11) is 1.85. The summed E-state index contributed by atoms with van der Waals surface area (Å²) in [6.45, 7) is 0. The fourth-order valence-electron chi connectivity index (χ4n) is 1.90. The molecule has 1 heterocycles. The van der Waals surface area contributed by atoms with Crippen LogP contribution in [0.2, 0.25) is 0 Å². The van der Waals surface area contributed by atoms with E-state index >= 15 is 0 Å². The van der Waals surface area contributed by atoms with Crippen molar-refractivity contribution in [2.45, 2.75) is 18.9 Å².